The predicted molar refractivity (Wildman–Crippen MR) is 110 cm³/mol. The monoisotopic (exact) mass is 428 g/mol. The van der Waals surface area contributed by atoms with Crippen LogP contribution in [-0.4, -0.2) is 41.0 Å². The highest BCUT2D eigenvalue weighted by Gasteiger charge is 2.31. The molecule has 0 radical (unpaired) electrons. The molecule has 0 aromatic heterocycles. The summed E-state index contributed by atoms with van der Waals surface area (Å²) in [5.74, 6) is 0. The van der Waals surface area contributed by atoms with Gasteiger partial charge in [0.2, 0.25) is 0 Å². The smallest absolute Gasteiger partial charge is 0.309 e. The molecule has 0 unspecified atom stereocenters. The highest BCUT2D eigenvalue weighted by molar-refractivity contribution is 7.92. The quantitative estimate of drug-likeness (QED) is 0.539. The Morgan fingerprint density at radius 1 is 0.828 bits per heavy atom. The van der Waals surface area contributed by atoms with Gasteiger partial charge in [0.25, 0.3) is 10.0 Å². The number of halogens is 3. The zero-order valence-corrected chi connectivity index (χ0v) is 17.7. The van der Waals surface area contributed by atoms with Crippen LogP contribution in [0, 0.1) is 0 Å². The normalized spacial score (nSPS) is 12.4. The van der Waals surface area contributed by atoms with Gasteiger partial charge in [-0.1, -0.05) is 18.6 Å². The van der Waals surface area contributed by atoms with Gasteiger partial charge in [0, 0.05) is 7.05 Å². The number of aryl methyl sites for hydroxylation is 1. The van der Waals surface area contributed by atoms with E-state index in [2.05, 4.69) is 4.90 Å². The molecule has 0 fully saturated rings. The maximum Gasteiger partial charge on any atom is 0.416 e. The summed E-state index contributed by atoms with van der Waals surface area (Å²) in [7, 11) is 1.55. The molecule has 0 saturated heterocycles. The van der Waals surface area contributed by atoms with Crippen molar-refractivity contribution in [3.63, 3.8) is 0 Å². The molecule has 0 aliphatic heterocycles. The van der Waals surface area contributed by atoms with Crippen LogP contribution in [0.5, 0.6) is 0 Å². The van der Waals surface area contributed by atoms with E-state index < -0.39 is 21.8 Å². The van der Waals surface area contributed by atoms with Crippen molar-refractivity contribution in [1.82, 2.24) is 4.90 Å². The molecule has 2 aromatic carbocycles. The predicted octanol–water partition coefficient (Wildman–Crippen LogP) is 4.80. The van der Waals surface area contributed by atoms with Crippen LogP contribution in [0.4, 0.5) is 18.9 Å². The van der Waals surface area contributed by atoms with E-state index in [9.17, 15) is 21.6 Å². The van der Waals surface area contributed by atoms with Crippen LogP contribution in [0.1, 0.15) is 30.4 Å². The summed E-state index contributed by atoms with van der Waals surface area (Å²) in [4.78, 5) is 1.97. The first-order valence-corrected chi connectivity index (χ1v) is 10.9. The number of anilines is 1. The Balaban J connectivity index is 2.02. The Bertz CT molecular complexity index is 878. The van der Waals surface area contributed by atoms with E-state index in [1.807, 2.05) is 26.2 Å². The SMILES string of the molecule is CN(C)CCCCCc1ccc(N(C)S(=O)(=O)c2ccc(C(F)(F)F)cc2)cc1. The van der Waals surface area contributed by atoms with E-state index in [0.29, 0.717) is 5.69 Å². The van der Waals surface area contributed by atoms with Crippen LogP contribution < -0.4 is 4.31 Å². The molecule has 2 rings (SSSR count). The molecule has 8 heteroatoms. The van der Waals surface area contributed by atoms with Crippen LogP contribution in [0.15, 0.2) is 53.4 Å². The van der Waals surface area contributed by atoms with Gasteiger partial charge in [0.15, 0.2) is 0 Å². The second kappa shape index (κ2) is 9.63. The Kier molecular flexibility index (Phi) is 7.71. The molecule has 0 spiro atoms. The third kappa shape index (κ3) is 6.47. The summed E-state index contributed by atoms with van der Waals surface area (Å²) in [5.41, 5.74) is 0.703. The molecule has 0 atom stereocenters. The Hall–Kier alpha value is -2.06. The first kappa shape index (κ1) is 23.2. The van der Waals surface area contributed by atoms with E-state index in [4.69, 9.17) is 0 Å². The lowest BCUT2D eigenvalue weighted by molar-refractivity contribution is -0.137. The Morgan fingerprint density at radius 3 is 1.93 bits per heavy atom. The molecule has 0 aliphatic carbocycles. The summed E-state index contributed by atoms with van der Waals surface area (Å²) >= 11 is 0. The number of benzene rings is 2. The van der Waals surface area contributed by atoms with Gasteiger partial charge in [-0.25, -0.2) is 8.42 Å². The van der Waals surface area contributed by atoms with Gasteiger partial charge in [0.1, 0.15) is 0 Å². The summed E-state index contributed by atoms with van der Waals surface area (Å²) in [6.07, 6.45) is -0.256. The first-order valence-electron chi connectivity index (χ1n) is 9.41. The number of unbranched alkanes of at least 4 members (excludes halogenated alkanes) is 2. The van der Waals surface area contributed by atoms with E-state index in [1.165, 1.54) is 7.05 Å². The number of sulfonamides is 1. The van der Waals surface area contributed by atoms with Crippen molar-refractivity contribution in [3.8, 4) is 0 Å². The fourth-order valence-electron chi connectivity index (χ4n) is 2.92. The molecular formula is C21H27F3N2O2S. The van der Waals surface area contributed by atoms with Gasteiger partial charge in [-0.3, -0.25) is 4.31 Å². The van der Waals surface area contributed by atoms with Crippen molar-refractivity contribution >= 4 is 15.7 Å². The average Bonchev–Trinajstić information content (AvgIpc) is 2.67. The van der Waals surface area contributed by atoms with Crippen LogP contribution in [0.3, 0.4) is 0 Å². The van der Waals surface area contributed by atoms with Crippen molar-refractivity contribution in [2.75, 3.05) is 32.0 Å². The highest BCUT2D eigenvalue weighted by Crippen LogP contribution is 2.30. The molecule has 0 bridgehead atoms. The lowest BCUT2D eigenvalue weighted by atomic mass is 10.1. The third-order valence-corrected chi connectivity index (χ3v) is 6.51. The van der Waals surface area contributed by atoms with Gasteiger partial charge in [-0.05, 0) is 81.9 Å². The lowest BCUT2D eigenvalue weighted by Crippen LogP contribution is -2.26. The number of nitrogens with zero attached hydrogens (tertiary/aromatic N) is 2. The number of rotatable bonds is 9. The number of hydrogen-bond donors (Lipinski definition) is 0. The zero-order chi connectivity index (χ0) is 21.7. The van der Waals surface area contributed by atoms with E-state index in [-0.39, 0.29) is 4.90 Å². The number of alkyl halides is 3. The molecule has 160 valence electrons. The summed E-state index contributed by atoms with van der Waals surface area (Å²) < 4.78 is 64.6. The van der Waals surface area contributed by atoms with Crippen molar-refractivity contribution in [2.24, 2.45) is 0 Å². The standard InChI is InChI=1S/C21H27F3N2O2S/c1-25(2)16-6-4-5-7-17-8-12-19(13-9-17)26(3)29(27,28)20-14-10-18(11-15-20)21(22,23)24/h8-15H,4-7,16H2,1-3H3. The van der Waals surface area contributed by atoms with Gasteiger partial charge < -0.3 is 4.90 Å². The topological polar surface area (TPSA) is 40.6 Å². The third-order valence-electron chi connectivity index (χ3n) is 4.71. The summed E-state index contributed by atoms with van der Waals surface area (Å²) in [6, 6.07) is 10.7. The van der Waals surface area contributed by atoms with Gasteiger partial charge >= 0.3 is 6.18 Å². The molecule has 29 heavy (non-hydrogen) atoms. The lowest BCUT2D eigenvalue weighted by Gasteiger charge is -2.20. The summed E-state index contributed by atoms with van der Waals surface area (Å²) in [6.45, 7) is 1.06. The maximum absolute atomic E-state index is 12.7. The van der Waals surface area contributed by atoms with E-state index in [0.717, 1.165) is 66.4 Å². The van der Waals surface area contributed by atoms with E-state index in [1.54, 1.807) is 12.1 Å². The second-order valence-electron chi connectivity index (χ2n) is 7.28. The van der Waals surface area contributed by atoms with Gasteiger partial charge in [-0.2, -0.15) is 13.2 Å². The Morgan fingerprint density at radius 2 is 1.41 bits per heavy atom. The van der Waals surface area contributed by atoms with Gasteiger partial charge in [0.05, 0.1) is 16.1 Å². The fraction of sp³-hybridized carbons (Fsp3) is 0.429. The fourth-order valence-corrected chi connectivity index (χ4v) is 4.11. The Labute approximate surface area is 171 Å². The minimum absolute atomic E-state index is 0.182. The van der Waals surface area contributed by atoms with E-state index >= 15 is 0 Å². The molecule has 0 heterocycles. The maximum atomic E-state index is 12.7. The van der Waals surface area contributed by atoms with Crippen LogP contribution in [0.25, 0.3) is 0 Å². The number of hydrogen-bond acceptors (Lipinski definition) is 3. The minimum Gasteiger partial charge on any atom is -0.309 e. The van der Waals surface area contributed by atoms with Crippen LogP contribution >= 0.6 is 0 Å². The van der Waals surface area contributed by atoms with Crippen molar-refractivity contribution < 1.29 is 21.6 Å². The van der Waals surface area contributed by atoms with Crippen molar-refractivity contribution in [1.29, 1.82) is 0 Å². The average molecular weight is 429 g/mol. The largest absolute Gasteiger partial charge is 0.416 e. The van der Waals surface area contributed by atoms with Crippen molar-refractivity contribution in [3.05, 3.63) is 59.7 Å². The molecule has 4 nitrogen and oxygen atoms in total. The molecule has 0 N–H and O–H groups in total. The first-order chi connectivity index (χ1) is 13.5. The second-order valence-corrected chi connectivity index (χ2v) is 9.24. The zero-order valence-electron chi connectivity index (χ0n) is 16.9. The molecule has 0 saturated carbocycles. The van der Waals surface area contributed by atoms with Gasteiger partial charge in [-0.15, -0.1) is 0 Å². The van der Waals surface area contributed by atoms with Crippen molar-refractivity contribution in [2.45, 2.75) is 36.8 Å². The molecule has 0 amide bonds. The molecule has 0 aliphatic rings. The van der Waals surface area contributed by atoms with Crippen LogP contribution in [-0.2, 0) is 22.6 Å². The molecule has 2 aromatic rings. The minimum atomic E-state index is -4.50. The summed E-state index contributed by atoms with van der Waals surface area (Å²) in [5, 5.41) is 0. The highest BCUT2D eigenvalue weighted by atomic mass is 32.2. The van der Waals surface area contributed by atoms with Crippen LogP contribution in [0.2, 0.25) is 0 Å². The molecular weight excluding hydrogens is 401 g/mol.